The number of nitrogens with zero attached hydrogens (tertiary/aromatic N) is 1. The highest BCUT2D eigenvalue weighted by atomic mass is 16.1. The van der Waals surface area contributed by atoms with Crippen LogP contribution in [0.5, 0.6) is 0 Å². The molecule has 3 aromatic carbocycles. The Morgan fingerprint density at radius 1 is 0.909 bits per heavy atom. The SMILES string of the molecule is CCCc1ccccc1CN1CCC(C2(c3cccc(C)c3)Cc3ccccc3C2=O)CC1. The molecule has 0 saturated carbocycles. The summed E-state index contributed by atoms with van der Waals surface area (Å²) in [4.78, 5) is 16.6. The molecule has 1 aliphatic heterocycles. The van der Waals surface area contributed by atoms with Crippen LogP contribution in [0.4, 0.5) is 0 Å². The van der Waals surface area contributed by atoms with Gasteiger partial charge in [0.05, 0.1) is 5.41 Å². The molecule has 3 aromatic rings. The van der Waals surface area contributed by atoms with E-state index in [0.29, 0.717) is 11.7 Å². The summed E-state index contributed by atoms with van der Waals surface area (Å²) in [6.07, 6.45) is 5.32. The molecule has 0 aromatic heterocycles. The number of carbonyl (C=O) groups is 1. The molecule has 5 rings (SSSR count). The van der Waals surface area contributed by atoms with Crippen molar-refractivity contribution in [2.24, 2.45) is 5.92 Å². The van der Waals surface area contributed by atoms with Gasteiger partial charge in [0.25, 0.3) is 0 Å². The van der Waals surface area contributed by atoms with Crippen LogP contribution in [-0.2, 0) is 24.8 Å². The Morgan fingerprint density at radius 3 is 2.36 bits per heavy atom. The zero-order valence-corrected chi connectivity index (χ0v) is 20.0. The van der Waals surface area contributed by atoms with Gasteiger partial charge in [-0.05, 0) is 73.9 Å². The predicted octanol–water partition coefficient (Wildman–Crippen LogP) is 6.54. The summed E-state index contributed by atoms with van der Waals surface area (Å²) in [5.41, 5.74) is 7.16. The van der Waals surface area contributed by atoms with Gasteiger partial charge in [-0.15, -0.1) is 0 Å². The van der Waals surface area contributed by atoms with Gasteiger partial charge in [-0.2, -0.15) is 0 Å². The van der Waals surface area contributed by atoms with Crippen molar-refractivity contribution in [3.8, 4) is 0 Å². The van der Waals surface area contributed by atoms with Gasteiger partial charge in [0.2, 0.25) is 0 Å². The molecule has 0 N–H and O–H groups in total. The van der Waals surface area contributed by atoms with Gasteiger partial charge < -0.3 is 0 Å². The lowest BCUT2D eigenvalue weighted by Crippen LogP contribution is -2.47. The summed E-state index contributed by atoms with van der Waals surface area (Å²) >= 11 is 0. The third-order valence-electron chi connectivity index (χ3n) is 7.99. The first-order valence-electron chi connectivity index (χ1n) is 12.6. The highest BCUT2D eigenvalue weighted by Gasteiger charge is 2.52. The van der Waals surface area contributed by atoms with Gasteiger partial charge in [-0.25, -0.2) is 0 Å². The van der Waals surface area contributed by atoms with E-state index in [9.17, 15) is 4.79 Å². The molecule has 2 heteroatoms. The maximum atomic E-state index is 14.0. The molecular weight excluding hydrogens is 402 g/mol. The summed E-state index contributed by atoms with van der Waals surface area (Å²) in [6, 6.07) is 25.9. The van der Waals surface area contributed by atoms with E-state index in [1.165, 1.54) is 34.2 Å². The van der Waals surface area contributed by atoms with Crippen LogP contribution in [0.25, 0.3) is 0 Å². The van der Waals surface area contributed by atoms with E-state index in [2.05, 4.69) is 79.4 Å². The number of Topliss-reactive ketones (excluding diaryl/α,β-unsaturated/α-hetero) is 1. The lowest BCUT2D eigenvalue weighted by atomic mass is 9.64. The second-order valence-electron chi connectivity index (χ2n) is 10.1. The van der Waals surface area contributed by atoms with Crippen LogP contribution in [0.2, 0.25) is 0 Å². The number of hydrogen-bond donors (Lipinski definition) is 0. The van der Waals surface area contributed by atoms with E-state index in [1.54, 1.807) is 0 Å². The summed E-state index contributed by atoms with van der Waals surface area (Å²) in [5, 5.41) is 0. The molecule has 0 amide bonds. The maximum Gasteiger partial charge on any atom is 0.174 e. The first-order valence-corrected chi connectivity index (χ1v) is 12.6. The van der Waals surface area contributed by atoms with Gasteiger partial charge >= 0.3 is 0 Å². The highest BCUT2D eigenvalue weighted by molar-refractivity contribution is 6.08. The number of carbonyl (C=O) groups excluding carboxylic acids is 1. The quantitative estimate of drug-likeness (QED) is 0.437. The molecular formula is C31H35NO. The second-order valence-corrected chi connectivity index (χ2v) is 10.1. The van der Waals surface area contributed by atoms with Crippen LogP contribution in [0.3, 0.4) is 0 Å². The Hall–Kier alpha value is -2.71. The lowest BCUT2D eigenvalue weighted by molar-refractivity contribution is 0.0735. The first kappa shape index (κ1) is 22.1. The minimum Gasteiger partial charge on any atom is -0.299 e. The van der Waals surface area contributed by atoms with Gasteiger partial charge in [-0.3, -0.25) is 9.69 Å². The van der Waals surface area contributed by atoms with Crippen molar-refractivity contribution in [3.63, 3.8) is 0 Å². The molecule has 2 nitrogen and oxygen atoms in total. The van der Waals surface area contributed by atoms with E-state index in [0.717, 1.165) is 50.9 Å². The molecule has 1 heterocycles. The van der Waals surface area contributed by atoms with Gasteiger partial charge in [0, 0.05) is 12.1 Å². The largest absolute Gasteiger partial charge is 0.299 e. The molecule has 1 fully saturated rings. The second kappa shape index (κ2) is 9.27. The fourth-order valence-corrected chi connectivity index (χ4v) is 6.29. The van der Waals surface area contributed by atoms with E-state index in [4.69, 9.17) is 0 Å². The predicted molar refractivity (Wildman–Crippen MR) is 136 cm³/mol. The molecule has 0 spiro atoms. The maximum absolute atomic E-state index is 14.0. The molecule has 2 aliphatic rings. The van der Waals surface area contributed by atoms with E-state index in [-0.39, 0.29) is 0 Å². The normalized spacial score (nSPS) is 21.3. The van der Waals surface area contributed by atoms with Crippen molar-refractivity contribution < 1.29 is 4.79 Å². The van der Waals surface area contributed by atoms with Crippen LogP contribution < -0.4 is 0 Å². The number of benzene rings is 3. The smallest absolute Gasteiger partial charge is 0.174 e. The summed E-state index contributed by atoms with van der Waals surface area (Å²) in [7, 11) is 0. The van der Waals surface area contributed by atoms with Crippen molar-refractivity contribution in [1.82, 2.24) is 4.90 Å². The Labute approximate surface area is 198 Å². The number of ketones is 1. The van der Waals surface area contributed by atoms with E-state index >= 15 is 0 Å². The molecule has 1 aliphatic carbocycles. The number of fused-ring (bicyclic) bond motifs is 1. The van der Waals surface area contributed by atoms with E-state index in [1.807, 2.05) is 12.1 Å². The topological polar surface area (TPSA) is 20.3 Å². The van der Waals surface area contributed by atoms with Crippen LogP contribution in [0.1, 0.15) is 64.4 Å². The van der Waals surface area contributed by atoms with Crippen LogP contribution >= 0.6 is 0 Å². The number of rotatable bonds is 6. The summed E-state index contributed by atoms with van der Waals surface area (Å²) in [5.74, 6) is 0.719. The number of hydrogen-bond acceptors (Lipinski definition) is 2. The minimum absolute atomic E-state index is 0.343. The standard InChI is InChI=1S/C31H35NO/c1-3-9-24-11-4-5-13-26(24)22-32-18-16-27(17-19-32)31(28-14-8-10-23(2)20-28)21-25-12-6-7-15-29(25)30(31)33/h4-8,10-15,20,27H,3,9,16-19,21-22H2,1-2H3. The van der Waals surface area contributed by atoms with Crippen molar-refractivity contribution in [2.75, 3.05) is 13.1 Å². The highest BCUT2D eigenvalue weighted by Crippen LogP contribution is 2.48. The fourth-order valence-electron chi connectivity index (χ4n) is 6.29. The molecule has 33 heavy (non-hydrogen) atoms. The molecule has 170 valence electrons. The Bertz CT molecular complexity index is 1140. The van der Waals surface area contributed by atoms with Crippen molar-refractivity contribution in [3.05, 3.63) is 106 Å². The molecule has 0 bridgehead atoms. The Morgan fingerprint density at radius 2 is 1.64 bits per heavy atom. The van der Waals surface area contributed by atoms with Gasteiger partial charge in [-0.1, -0.05) is 91.7 Å². The summed E-state index contributed by atoms with van der Waals surface area (Å²) in [6.45, 7) is 7.53. The Kier molecular flexibility index (Phi) is 6.21. The summed E-state index contributed by atoms with van der Waals surface area (Å²) < 4.78 is 0. The van der Waals surface area contributed by atoms with Crippen molar-refractivity contribution in [2.45, 2.75) is 57.9 Å². The number of likely N-dealkylation sites (tertiary alicyclic amines) is 1. The monoisotopic (exact) mass is 437 g/mol. The Balaban J connectivity index is 1.40. The average molecular weight is 438 g/mol. The van der Waals surface area contributed by atoms with Crippen LogP contribution in [-0.4, -0.2) is 23.8 Å². The molecule has 1 atom stereocenters. The number of piperidine rings is 1. The zero-order chi connectivity index (χ0) is 22.8. The lowest BCUT2D eigenvalue weighted by Gasteiger charge is -2.42. The minimum atomic E-state index is -0.415. The van der Waals surface area contributed by atoms with Crippen molar-refractivity contribution >= 4 is 5.78 Å². The number of aryl methyl sites for hydroxylation is 2. The third-order valence-corrected chi connectivity index (χ3v) is 7.99. The van der Waals surface area contributed by atoms with Crippen LogP contribution in [0, 0.1) is 12.8 Å². The van der Waals surface area contributed by atoms with Gasteiger partial charge in [0.1, 0.15) is 0 Å². The molecule has 1 saturated heterocycles. The molecule has 0 radical (unpaired) electrons. The van der Waals surface area contributed by atoms with Crippen LogP contribution in [0.15, 0.2) is 72.8 Å². The average Bonchev–Trinajstić information content (AvgIpc) is 3.14. The van der Waals surface area contributed by atoms with Gasteiger partial charge in [0.15, 0.2) is 5.78 Å². The van der Waals surface area contributed by atoms with E-state index < -0.39 is 5.41 Å². The fraction of sp³-hybridized carbons (Fsp3) is 0.387. The van der Waals surface area contributed by atoms with Crippen molar-refractivity contribution in [1.29, 1.82) is 0 Å². The molecule has 1 unspecified atom stereocenters. The zero-order valence-electron chi connectivity index (χ0n) is 20.0. The third kappa shape index (κ3) is 4.06. The first-order chi connectivity index (χ1) is 16.1.